The van der Waals surface area contributed by atoms with E-state index in [4.69, 9.17) is 27.8 Å². The van der Waals surface area contributed by atoms with Crippen molar-refractivity contribution in [1.29, 1.82) is 0 Å². The first kappa shape index (κ1) is 18.6. The smallest absolute Gasteiger partial charge is 0.264 e. The van der Waals surface area contributed by atoms with Crippen LogP contribution in [0.15, 0.2) is 0 Å². The predicted molar refractivity (Wildman–Crippen MR) is 89.7 cm³/mol. The number of anilines is 1. The summed E-state index contributed by atoms with van der Waals surface area (Å²) in [6.45, 7) is 0.580. The van der Waals surface area contributed by atoms with E-state index in [0.717, 1.165) is 25.7 Å². The van der Waals surface area contributed by atoms with E-state index in [0.29, 0.717) is 25.3 Å². The van der Waals surface area contributed by atoms with E-state index in [2.05, 4.69) is 15.0 Å². The van der Waals surface area contributed by atoms with Gasteiger partial charge in [0.1, 0.15) is 0 Å². The number of unbranched alkanes of at least 4 members (excludes halogenated alkanes) is 1. The lowest BCUT2D eigenvalue weighted by atomic mass is 9.94. The molecule has 10 heteroatoms. The summed E-state index contributed by atoms with van der Waals surface area (Å²) in [7, 11) is -3.93. The van der Waals surface area contributed by atoms with Crippen LogP contribution in [-0.2, 0) is 10.1 Å². The monoisotopic (exact) mass is 382 g/mol. The number of hydrogen-bond acceptors (Lipinski definition) is 6. The van der Waals surface area contributed by atoms with Gasteiger partial charge in [-0.2, -0.15) is 23.4 Å². The Hall–Kier alpha value is -0.700. The lowest BCUT2D eigenvalue weighted by Gasteiger charge is -2.34. The molecule has 1 heterocycles. The first-order valence-electron chi connectivity index (χ1n) is 7.64. The summed E-state index contributed by atoms with van der Waals surface area (Å²) in [4.78, 5) is 14.1. The molecular formula is C13H20Cl2N4O3S. The van der Waals surface area contributed by atoms with Gasteiger partial charge in [0.05, 0.1) is 5.75 Å². The van der Waals surface area contributed by atoms with E-state index >= 15 is 0 Å². The van der Waals surface area contributed by atoms with Crippen molar-refractivity contribution in [3.8, 4) is 0 Å². The van der Waals surface area contributed by atoms with Crippen LogP contribution in [0.3, 0.4) is 0 Å². The van der Waals surface area contributed by atoms with Crippen molar-refractivity contribution in [2.75, 3.05) is 17.2 Å². The molecule has 0 amide bonds. The summed E-state index contributed by atoms with van der Waals surface area (Å²) in [6.07, 6.45) is 6.51. The fraction of sp³-hybridized carbons (Fsp3) is 0.769. The molecule has 0 bridgehead atoms. The van der Waals surface area contributed by atoms with E-state index in [1.165, 1.54) is 6.42 Å². The van der Waals surface area contributed by atoms with Crippen LogP contribution in [0.1, 0.15) is 44.9 Å². The minimum Gasteiger partial charge on any atom is -0.338 e. The van der Waals surface area contributed by atoms with Crippen LogP contribution in [0.4, 0.5) is 5.95 Å². The molecule has 0 radical (unpaired) electrons. The van der Waals surface area contributed by atoms with Gasteiger partial charge in [0, 0.05) is 12.6 Å². The molecule has 1 aliphatic carbocycles. The van der Waals surface area contributed by atoms with Gasteiger partial charge in [0.25, 0.3) is 10.1 Å². The fourth-order valence-electron chi connectivity index (χ4n) is 2.85. The Morgan fingerprint density at radius 1 is 1.04 bits per heavy atom. The number of nitrogens with zero attached hydrogens (tertiary/aromatic N) is 4. The van der Waals surface area contributed by atoms with Crippen LogP contribution >= 0.6 is 23.2 Å². The molecule has 0 unspecified atom stereocenters. The Morgan fingerprint density at radius 3 is 2.22 bits per heavy atom. The predicted octanol–water partition coefficient (Wildman–Crippen LogP) is 2.99. The Bertz CT molecular complexity index is 603. The van der Waals surface area contributed by atoms with Gasteiger partial charge < -0.3 is 4.90 Å². The van der Waals surface area contributed by atoms with Crippen LogP contribution in [0, 0.1) is 0 Å². The highest BCUT2D eigenvalue weighted by Gasteiger charge is 2.24. The van der Waals surface area contributed by atoms with Crippen molar-refractivity contribution < 1.29 is 13.0 Å². The minimum atomic E-state index is -3.93. The van der Waals surface area contributed by atoms with Crippen LogP contribution in [0.25, 0.3) is 0 Å². The van der Waals surface area contributed by atoms with Gasteiger partial charge in [0.15, 0.2) is 0 Å². The van der Waals surface area contributed by atoms with E-state index in [-0.39, 0.29) is 22.4 Å². The normalized spacial score (nSPS) is 16.5. The van der Waals surface area contributed by atoms with Gasteiger partial charge in [-0.3, -0.25) is 4.55 Å². The third-order valence-corrected chi connectivity index (χ3v) is 5.04. The highest BCUT2D eigenvalue weighted by Crippen LogP contribution is 2.26. The minimum absolute atomic E-state index is 0.0405. The van der Waals surface area contributed by atoms with Crippen molar-refractivity contribution in [1.82, 2.24) is 15.0 Å². The molecule has 1 fully saturated rings. The Kier molecular flexibility index (Phi) is 6.82. The Morgan fingerprint density at radius 2 is 1.65 bits per heavy atom. The fourth-order valence-corrected chi connectivity index (χ4v) is 3.77. The molecule has 0 spiro atoms. The molecule has 1 aromatic rings. The van der Waals surface area contributed by atoms with Gasteiger partial charge in [-0.15, -0.1) is 0 Å². The maximum absolute atomic E-state index is 10.8. The van der Waals surface area contributed by atoms with Crippen molar-refractivity contribution in [3.05, 3.63) is 10.6 Å². The van der Waals surface area contributed by atoms with E-state index < -0.39 is 10.1 Å². The number of hydrogen-bond donors (Lipinski definition) is 1. The molecule has 1 aromatic heterocycles. The average molecular weight is 383 g/mol. The van der Waals surface area contributed by atoms with E-state index in [9.17, 15) is 8.42 Å². The summed E-state index contributed by atoms with van der Waals surface area (Å²) in [5.74, 6) is 0.179. The van der Waals surface area contributed by atoms with E-state index in [1.54, 1.807) is 0 Å². The molecule has 2 rings (SSSR count). The highest BCUT2D eigenvalue weighted by molar-refractivity contribution is 7.85. The SMILES string of the molecule is O=S(=O)(O)CCCCN(c1nc(Cl)nc(Cl)n1)C1CCCCC1. The number of aromatic nitrogens is 3. The first-order valence-corrected chi connectivity index (χ1v) is 10.0. The third-order valence-electron chi connectivity index (χ3n) is 3.89. The van der Waals surface area contributed by atoms with Crippen molar-refractivity contribution in [3.63, 3.8) is 0 Å². The van der Waals surface area contributed by atoms with Crippen molar-refractivity contribution >= 4 is 39.3 Å². The average Bonchev–Trinajstić information content (AvgIpc) is 2.46. The second-order valence-electron chi connectivity index (χ2n) is 5.65. The van der Waals surface area contributed by atoms with Gasteiger partial charge in [0.2, 0.25) is 16.5 Å². The van der Waals surface area contributed by atoms with Crippen LogP contribution < -0.4 is 4.90 Å². The second-order valence-corrected chi connectivity index (χ2v) is 7.90. The van der Waals surface area contributed by atoms with Gasteiger partial charge >= 0.3 is 0 Å². The largest absolute Gasteiger partial charge is 0.338 e. The van der Waals surface area contributed by atoms with Crippen molar-refractivity contribution in [2.45, 2.75) is 51.0 Å². The molecule has 1 saturated carbocycles. The van der Waals surface area contributed by atoms with Gasteiger partial charge in [-0.05, 0) is 48.9 Å². The lowest BCUT2D eigenvalue weighted by molar-refractivity contribution is 0.407. The molecule has 1 N–H and O–H groups in total. The lowest BCUT2D eigenvalue weighted by Crippen LogP contribution is -2.39. The molecule has 1 aliphatic rings. The molecule has 23 heavy (non-hydrogen) atoms. The van der Waals surface area contributed by atoms with Crippen LogP contribution in [0.5, 0.6) is 0 Å². The Balaban J connectivity index is 2.08. The molecular weight excluding hydrogens is 363 g/mol. The number of halogens is 2. The summed E-state index contributed by atoms with van der Waals surface area (Å²) >= 11 is 11.7. The standard InChI is InChI=1S/C13H20Cl2N4O3S/c14-11-16-12(15)18-13(17-11)19(10-6-2-1-3-7-10)8-4-5-9-23(20,21)22/h10H,1-9H2,(H,20,21,22). The zero-order valence-corrected chi connectivity index (χ0v) is 15.0. The van der Waals surface area contributed by atoms with E-state index in [1.807, 2.05) is 4.90 Å². The summed E-state index contributed by atoms with van der Waals surface area (Å²) < 4.78 is 30.4. The van der Waals surface area contributed by atoms with Crippen LogP contribution in [0.2, 0.25) is 10.6 Å². The maximum Gasteiger partial charge on any atom is 0.264 e. The van der Waals surface area contributed by atoms with Crippen LogP contribution in [-0.4, -0.2) is 46.3 Å². The summed E-state index contributed by atoms with van der Waals surface area (Å²) in [5.41, 5.74) is 0. The zero-order chi connectivity index (χ0) is 16.9. The molecule has 7 nitrogen and oxygen atoms in total. The highest BCUT2D eigenvalue weighted by atomic mass is 35.5. The molecule has 130 valence electrons. The summed E-state index contributed by atoms with van der Waals surface area (Å²) in [5, 5.41) is 0.0810. The first-order chi connectivity index (χ1) is 10.8. The number of rotatable bonds is 7. The van der Waals surface area contributed by atoms with Gasteiger partial charge in [-0.25, -0.2) is 0 Å². The topological polar surface area (TPSA) is 96.3 Å². The quantitative estimate of drug-likeness (QED) is 0.571. The third kappa shape index (κ3) is 6.37. The van der Waals surface area contributed by atoms with Gasteiger partial charge in [-0.1, -0.05) is 19.3 Å². The molecule has 0 aliphatic heterocycles. The maximum atomic E-state index is 10.8. The molecule has 0 saturated heterocycles. The summed E-state index contributed by atoms with van der Waals surface area (Å²) in [6, 6.07) is 0.281. The molecule has 0 atom stereocenters. The second kappa shape index (κ2) is 8.41. The molecule has 0 aromatic carbocycles. The Labute approximate surface area is 146 Å². The van der Waals surface area contributed by atoms with Crippen molar-refractivity contribution in [2.24, 2.45) is 0 Å². The zero-order valence-electron chi connectivity index (χ0n) is 12.7.